The number of hydrogen-bond acceptors (Lipinski definition) is 4. The lowest BCUT2D eigenvalue weighted by Gasteiger charge is -2.04. The fourth-order valence-corrected chi connectivity index (χ4v) is 2.96. The van der Waals surface area contributed by atoms with E-state index in [4.69, 9.17) is 0 Å². The Hall–Kier alpha value is -1.07. The standard InChI is InChI=1S/C14H18O3S2/c1-12(15)18-10-6-5-8-13-7-3-4-9-14(13)11-19(2,16)17/h3-5,7-9H,6,10-11H2,1-2H3. The maximum absolute atomic E-state index is 11.3. The van der Waals surface area contributed by atoms with Gasteiger partial charge in [-0.2, -0.15) is 0 Å². The third-order valence-corrected chi connectivity index (χ3v) is 4.04. The lowest BCUT2D eigenvalue weighted by molar-refractivity contribution is -0.109. The van der Waals surface area contributed by atoms with Crippen LogP contribution >= 0.6 is 11.8 Å². The van der Waals surface area contributed by atoms with Crippen molar-refractivity contribution in [2.75, 3.05) is 12.0 Å². The van der Waals surface area contributed by atoms with E-state index in [9.17, 15) is 13.2 Å². The van der Waals surface area contributed by atoms with E-state index < -0.39 is 9.84 Å². The van der Waals surface area contributed by atoms with Gasteiger partial charge in [-0.15, -0.1) is 0 Å². The number of carbonyl (C=O) groups is 1. The van der Waals surface area contributed by atoms with Crippen LogP contribution in [0.5, 0.6) is 0 Å². The third kappa shape index (κ3) is 7.18. The summed E-state index contributed by atoms with van der Waals surface area (Å²) < 4.78 is 22.7. The fourth-order valence-electron chi connectivity index (χ4n) is 1.59. The summed E-state index contributed by atoms with van der Waals surface area (Å²) in [6.07, 6.45) is 5.91. The first kappa shape index (κ1) is 16.0. The highest BCUT2D eigenvalue weighted by Gasteiger charge is 2.06. The van der Waals surface area contributed by atoms with Crippen molar-refractivity contribution in [3.8, 4) is 0 Å². The Labute approximate surface area is 119 Å². The quantitative estimate of drug-likeness (QED) is 0.758. The summed E-state index contributed by atoms with van der Waals surface area (Å²) in [7, 11) is -3.03. The average molecular weight is 298 g/mol. The van der Waals surface area contributed by atoms with Gasteiger partial charge in [0, 0.05) is 18.9 Å². The maximum Gasteiger partial charge on any atom is 0.185 e. The van der Waals surface area contributed by atoms with Crippen molar-refractivity contribution in [2.45, 2.75) is 19.1 Å². The zero-order valence-corrected chi connectivity index (χ0v) is 12.8. The van der Waals surface area contributed by atoms with Crippen molar-refractivity contribution in [2.24, 2.45) is 0 Å². The summed E-state index contributed by atoms with van der Waals surface area (Å²) in [5, 5.41) is 0.117. The van der Waals surface area contributed by atoms with Crippen LogP contribution in [-0.4, -0.2) is 25.5 Å². The van der Waals surface area contributed by atoms with Crippen LogP contribution in [0.4, 0.5) is 0 Å². The van der Waals surface area contributed by atoms with Gasteiger partial charge in [-0.25, -0.2) is 8.42 Å². The average Bonchev–Trinajstić information content (AvgIpc) is 2.28. The van der Waals surface area contributed by atoms with Crippen LogP contribution in [0, 0.1) is 0 Å². The minimum atomic E-state index is -3.03. The largest absolute Gasteiger partial charge is 0.288 e. The van der Waals surface area contributed by atoms with Crippen molar-refractivity contribution >= 4 is 32.8 Å². The van der Waals surface area contributed by atoms with Crippen molar-refractivity contribution < 1.29 is 13.2 Å². The molecule has 0 aromatic heterocycles. The molecule has 0 aliphatic rings. The summed E-state index contributed by atoms with van der Waals surface area (Å²) in [4.78, 5) is 10.8. The van der Waals surface area contributed by atoms with E-state index in [2.05, 4.69) is 0 Å². The van der Waals surface area contributed by atoms with Gasteiger partial charge in [-0.1, -0.05) is 48.2 Å². The molecule has 19 heavy (non-hydrogen) atoms. The molecule has 0 aliphatic carbocycles. The molecule has 0 spiro atoms. The van der Waals surface area contributed by atoms with Crippen LogP contribution in [0.2, 0.25) is 0 Å². The normalized spacial score (nSPS) is 11.9. The molecule has 1 aromatic rings. The second-order valence-corrected chi connectivity index (χ2v) is 7.71. The Bertz CT molecular complexity index is 560. The van der Waals surface area contributed by atoms with Gasteiger partial charge < -0.3 is 0 Å². The predicted molar refractivity (Wildman–Crippen MR) is 81.8 cm³/mol. The predicted octanol–water partition coefficient (Wildman–Crippen LogP) is 2.91. The molecule has 0 N–H and O–H groups in total. The third-order valence-electron chi connectivity index (χ3n) is 2.36. The molecular weight excluding hydrogens is 280 g/mol. The summed E-state index contributed by atoms with van der Waals surface area (Å²) in [6.45, 7) is 1.55. The van der Waals surface area contributed by atoms with E-state index in [1.54, 1.807) is 6.92 Å². The molecule has 0 radical (unpaired) electrons. The van der Waals surface area contributed by atoms with Crippen LogP contribution in [-0.2, 0) is 20.4 Å². The second kappa shape index (κ2) is 7.50. The van der Waals surface area contributed by atoms with Crippen molar-refractivity contribution in [1.82, 2.24) is 0 Å². The molecular formula is C14H18O3S2. The van der Waals surface area contributed by atoms with Crippen LogP contribution in [0.15, 0.2) is 30.3 Å². The molecule has 5 heteroatoms. The molecule has 1 aromatic carbocycles. The topological polar surface area (TPSA) is 51.2 Å². The van der Waals surface area contributed by atoms with E-state index >= 15 is 0 Å². The molecule has 0 heterocycles. The molecule has 1 rings (SSSR count). The highest BCUT2D eigenvalue weighted by Crippen LogP contribution is 2.14. The minimum Gasteiger partial charge on any atom is -0.288 e. The summed E-state index contributed by atoms with van der Waals surface area (Å²) in [5.74, 6) is 0.801. The molecule has 0 atom stereocenters. The molecule has 0 saturated heterocycles. The smallest absolute Gasteiger partial charge is 0.185 e. The molecule has 0 aliphatic heterocycles. The zero-order valence-electron chi connectivity index (χ0n) is 11.1. The van der Waals surface area contributed by atoms with Crippen LogP contribution < -0.4 is 0 Å². The number of thioether (sulfide) groups is 1. The Balaban J connectivity index is 2.67. The van der Waals surface area contributed by atoms with Crippen LogP contribution in [0.1, 0.15) is 24.5 Å². The molecule has 0 amide bonds. The highest BCUT2D eigenvalue weighted by atomic mass is 32.2. The second-order valence-electron chi connectivity index (χ2n) is 4.30. The van der Waals surface area contributed by atoms with Crippen molar-refractivity contribution in [1.29, 1.82) is 0 Å². The van der Waals surface area contributed by atoms with Crippen LogP contribution in [0.25, 0.3) is 6.08 Å². The number of benzene rings is 1. The zero-order chi connectivity index (χ0) is 14.3. The fraction of sp³-hybridized carbons (Fsp3) is 0.357. The molecule has 0 saturated carbocycles. The lowest BCUT2D eigenvalue weighted by atomic mass is 10.1. The number of carbonyl (C=O) groups excluding carboxylic acids is 1. The maximum atomic E-state index is 11.3. The van der Waals surface area contributed by atoms with Gasteiger partial charge in [-0.3, -0.25) is 4.79 Å². The lowest BCUT2D eigenvalue weighted by Crippen LogP contribution is -2.02. The highest BCUT2D eigenvalue weighted by molar-refractivity contribution is 8.13. The summed E-state index contributed by atoms with van der Waals surface area (Å²) in [5.41, 5.74) is 1.72. The van der Waals surface area contributed by atoms with E-state index in [-0.39, 0.29) is 10.9 Å². The summed E-state index contributed by atoms with van der Waals surface area (Å²) in [6, 6.07) is 7.44. The van der Waals surface area contributed by atoms with Gasteiger partial charge in [0.1, 0.15) is 0 Å². The molecule has 104 valence electrons. The van der Waals surface area contributed by atoms with E-state index in [1.165, 1.54) is 18.0 Å². The van der Waals surface area contributed by atoms with Gasteiger partial charge in [0.15, 0.2) is 15.0 Å². The molecule has 0 unspecified atom stereocenters. The first-order valence-corrected chi connectivity index (χ1v) is 8.98. The van der Waals surface area contributed by atoms with Crippen LogP contribution in [0.3, 0.4) is 0 Å². The molecule has 3 nitrogen and oxygen atoms in total. The van der Waals surface area contributed by atoms with E-state index in [0.29, 0.717) is 0 Å². The van der Waals surface area contributed by atoms with Crippen molar-refractivity contribution in [3.05, 3.63) is 41.5 Å². The monoisotopic (exact) mass is 298 g/mol. The first-order valence-electron chi connectivity index (χ1n) is 5.94. The van der Waals surface area contributed by atoms with Gasteiger partial charge >= 0.3 is 0 Å². The van der Waals surface area contributed by atoms with Crippen molar-refractivity contribution in [3.63, 3.8) is 0 Å². The number of sulfone groups is 1. The van der Waals surface area contributed by atoms with Gasteiger partial charge in [-0.05, 0) is 17.5 Å². The summed E-state index contributed by atoms with van der Waals surface area (Å²) >= 11 is 1.29. The van der Waals surface area contributed by atoms with E-state index in [0.717, 1.165) is 23.3 Å². The SMILES string of the molecule is CC(=O)SCCC=Cc1ccccc1CS(C)(=O)=O. The first-order chi connectivity index (χ1) is 8.88. The number of hydrogen-bond donors (Lipinski definition) is 0. The number of allylic oxidation sites excluding steroid dienone is 1. The Kier molecular flexibility index (Phi) is 6.31. The van der Waals surface area contributed by atoms with Gasteiger partial charge in [0.25, 0.3) is 0 Å². The number of rotatable bonds is 6. The minimum absolute atomic E-state index is 0.0513. The molecule has 0 bridgehead atoms. The molecule has 0 fully saturated rings. The van der Waals surface area contributed by atoms with Gasteiger partial charge in [0.05, 0.1) is 5.75 Å². The Morgan fingerprint density at radius 2 is 2.00 bits per heavy atom. The van der Waals surface area contributed by atoms with E-state index in [1.807, 2.05) is 36.4 Å². The van der Waals surface area contributed by atoms with Gasteiger partial charge in [0.2, 0.25) is 0 Å². The Morgan fingerprint density at radius 3 is 2.63 bits per heavy atom. The Morgan fingerprint density at radius 1 is 1.32 bits per heavy atom.